The maximum atomic E-state index is 4.53. The van der Waals surface area contributed by atoms with E-state index in [1.165, 1.54) is 0 Å². The van der Waals surface area contributed by atoms with Crippen LogP contribution >= 0.6 is 0 Å². The predicted molar refractivity (Wildman–Crippen MR) is 76.4 cm³/mol. The molecule has 2 rings (SSSR count). The van der Waals surface area contributed by atoms with E-state index >= 15 is 0 Å². The Labute approximate surface area is 113 Å². The van der Waals surface area contributed by atoms with Gasteiger partial charge in [0.15, 0.2) is 0 Å². The van der Waals surface area contributed by atoms with Crippen molar-refractivity contribution in [1.29, 1.82) is 0 Å². The molecule has 0 spiro atoms. The summed E-state index contributed by atoms with van der Waals surface area (Å²) in [5.74, 6) is 2.59. The molecular weight excluding hydrogens is 240 g/mol. The lowest BCUT2D eigenvalue weighted by Gasteiger charge is -2.21. The zero-order valence-corrected chi connectivity index (χ0v) is 12.1. The smallest absolute Gasteiger partial charge is 0.137 e. The second kappa shape index (κ2) is 5.26. The Kier molecular flexibility index (Phi) is 3.69. The summed E-state index contributed by atoms with van der Waals surface area (Å²) in [7, 11) is 5.82. The van der Waals surface area contributed by atoms with E-state index in [9.17, 15) is 0 Å². The minimum absolute atomic E-state index is 0.767. The average Bonchev–Trinajstić information content (AvgIpc) is 2.77. The fourth-order valence-corrected chi connectivity index (χ4v) is 2.13. The van der Waals surface area contributed by atoms with Crippen molar-refractivity contribution >= 4 is 11.6 Å². The first-order valence-electron chi connectivity index (χ1n) is 6.23. The number of aromatic nitrogens is 4. The average molecular weight is 260 g/mol. The van der Waals surface area contributed by atoms with Gasteiger partial charge in [-0.2, -0.15) is 5.10 Å². The Morgan fingerprint density at radius 1 is 1.32 bits per heavy atom. The minimum atomic E-state index is 0.767. The van der Waals surface area contributed by atoms with E-state index in [2.05, 4.69) is 25.3 Å². The largest absolute Gasteiger partial charge is 0.373 e. The molecule has 0 atom stereocenters. The standard InChI is InChI=1S/C13H20N6/c1-9-12(14-3)16-10(2)17-13(9)18(4)7-11-6-15-19(5)8-11/h6,8H,7H2,1-5H3,(H,14,16,17). The first kappa shape index (κ1) is 13.3. The summed E-state index contributed by atoms with van der Waals surface area (Å²) in [5, 5.41) is 7.29. The van der Waals surface area contributed by atoms with Crippen molar-refractivity contribution in [3.63, 3.8) is 0 Å². The maximum Gasteiger partial charge on any atom is 0.137 e. The van der Waals surface area contributed by atoms with Crippen molar-refractivity contribution < 1.29 is 0 Å². The van der Waals surface area contributed by atoms with Crippen molar-refractivity contribution in [2.45, 2.75) is 20.4 Å². The van der Waals surface area contributed by atoms with Gasteiger partial charge in [-0.15, -0.1) is 0 Å². The number of anilines is 2. The Hall–Kier alpha value is -2.11. The topological polar surface area (TPSA) is 58.9 Å². The highest BCUT2D eigenvalue weighted by Crippen LogP contribution is 2.23. The highest BCUT2D eigenvalue weighted by Gasteiger charge is 2.13. The van der Waals surface area contributed by atoms with Crippen molar-refractivity contribution in [2.24, 2.45) is 7.05 Å². The molecule has 0 aromatic carbocycles. The van der Waals surface area contributed by atoms with E-state index in [0.29, 0.717) is 0 Å². The molecule has 1 N–H and O–H groups in total. The Bertz CT molecular complexity index is 575. The van der Waals surface area contributed by atoms with E-state index in [-0.39, 0.29) is 0 Å². The summed E-state index contributed by atoms with van der Waals surface area (Å²) >= 11 is 0. The molecule has 0 radical (unpaired) electrons. The van der Waals surface area contributed by atoms with Gasteiger partial charge in [-0.3, -0.25) is 4.68 Å². The van der Waals surface area contributed by atoms with E-state index in [1.54, 1.807) is 4.68 Å². The van der Waals surface area contributed by atoms with Crippen molar-refractivity contribution in [2.75, 3.05) is 24.3 Å². The summed E-state index contributed by atoms with van der Waals surface area (Å²) < 4.78 is 1.81. The predicted octanol–water partition coefficient (Wildman–Crippen LogP) is 1.51. The quantitative estimate of drug-likeness (QED) is 0.903. The van der Waals surface area contributed by atoms with Gasteiger partial charge in [-0.25, -0.2) is 9.97 Å². The number of nitrogens with one attached hydrogen (secondary N) is 1. The van der Waals surface area contributed by atoms with Crippen molar-refractivity contribution in [3.8, 4) is 0 Å². The van der Waals surface area contributed by atoms with Gasteiger partial charge in [-0.1, -0.05) is 0 Å². The number of rotatable bonds is 4. The summed E-state index contributed by atoms with van der Waals surface area (Å²) in [6.45, 7) is 4.70. The Morgan fingerprint density at radius 3 is 2.63 bits per heavy atom. The SMILES string of the molecule is CNc1nc(C)nc(N(C)Cc2cnn(C)c2)c1C. The van der Waals surface area contributed by atoms with Crippen LogP contribution in [0.2, 0.25) is 0 Å². The monoisotopic (exact) mass is 260 g/mol. The molecule has 0 aliphatic rings. The van der Waals surface area contributed by atoms with Crippen LogP contribution in [0, 0.1) is 13.8 Å². The van der Waals surface area contributed by atoms with Crippen LogP contribution in [0.15, 0.2) is 12.4 Å². The van der Waals surface area contributed by atoms with Gasteiger partial charge < -0.3 is 10.2 Å². The molecule has 6 heteroatoms. The lowest BCUT2D eigenvalue weighted by molar-refractivity contribution is 0.766. The molecule has 0 amide bonds. The first-order valence-corrected chi connectivity index (χ1v) is 6.23. The molecule has 0 saturated heterocycles. The number of nitrogens with zero attached hydrogens (tertiary/aromatic N) is 5. The molecule has 2 aromatic rings. The lowest BCUT2D eigenvalue weighted by Crippen LogP contribution is -2.20. The highest BCUT2D eigenvalue weighted by molar-refractivity contribution is 5.58. The second-order valence-corrected chi connectivity index (χ2v) is 4.70. The third-order valence-corrected chi connectivity index (χ3v) is 3.01. The molecule has 0 fully saturated rings. The van der Waals surface area contributed by atoms with Crippen LogP contribution in [0.25, 0.3) is 0 Å². The molecule has 0 aliphatic heterocycles. The van der Waals surface area contributed by atoms with Crippen molar-refractivity contribution in [1.82, 2.24) is 19.7 Å². The van der Waals surface area contributed by atoms with E-state index in [4.69, 9.17) is 0 Å². The van der Waals surface area contributed by atoms with Crippen molar-refractivity contribution in [3.05, 3.63) is 29.3 Å². The van der Waals surface area contributed by atoms with Gasteiger partial charge >= 0.3 is 0 Å². The normalized spacial score (nSPS) is 10.6. The van der Waals surface area contributed by atoms with E-state index in [1.807, 2.05) is 47.4 Å². The molecule has 102 valence electrons. The lowest BCUT2D eigenvalue weighted by atomic mass is 10.2. The zero-order chi connectivity index (χ0) is 14.0. The zero-order valence-electron chi connectivity index (χ0n) is 12.1. The molecule has 0 saturated carbocycles. The van der Waals surface area contributed by atoms with Crippen LogP contribution in [0.5, 0.6) is 0 Å². The van der Waals surface area contributed by atoms with Gasteiger partial charge in [0.25, 0.3) is 0 Å². The summed E-state index contributed by atoms with van der Waals surface area (Å²) in [6, 6.07) is 0. The molecule has 6 nitrogen and oxygen atoms in total. The first-order chi connectivity index (χ1) is 9.01. The number of hydrogen-bond donors (Lipinski definition) is 1. The van der Waals surface area contributed by atoms with Gasteiger partial charge in [0.05, 0.1) is 6.20 Å². The molecule has 0 bridgehead atoms. The minimum Gasteiger partial charge on any atom is -0.373 e. The third kappa shape index (κ3) is 2.83. The van der Waals surface area contributed by atoms with Gasteiger partial charge in [-0.05, 0) is 13.8 Å². The van der Waals surface area contributed by atoms with Gasteiger partial charge in [0.1, 0.15) is 17.5 Å². The molecule has 0 aliphatic carbocycles. The van der Waals surface area contributed by atoms with Gasteiger partial charge in [0.2, 0.25) is 0 Å². The molecule has 19 heavy (non-hydrogen) atoms. The van der Waals surface area contributed by atoms with E-state index in [0.717, 1.165) is 35.1 Å². The number of aryl methyl sites for hydroxylation is 2. The molecule has 2 heterocycles. The van der Waals surface area contributed by atoms with Crippen LogP contribution in [0.4, 0.5) is 11.6 Å². The summed E-state index contributed by atoms with van der Waals surface area (Å²) in [6.07, 6.45) is 3.89. The molecule has 0 unspecified atom stereocenters. The highest BCUT2D eigenvalue weighted by atomic mass is 15.2. The van der Waals surface area contributed by atoms with Crippen LogP contribution in [0.1, 0.15) is 17.0 Å². The summed E-state index contributed by atoms with van der Waals surface area (Å²) in [5.41, 5.74) is 2.21. The van der Waals surface area contributed by atoms with Crippen LogP contribution in [-0.2, 0) is 13.6 Å². The van der Waals surface area contributed by atoms with Crippen LogP contribution in [0.3, 0.4) is 0 Å². The summed E-state index contributed by atoms with van der Waals surface area (Å²) in [4.78, 5) is 11.0. The Morgan fingerprint density at radius 2 is 2.05 bits per heavy atom. The second-order valence-electron chi connectivity index (χ2n) is 4.70. The molecular formula is C13H20N6. The van der Waals surface area contributed by atoms with Gasteiger partial charge in [0, 0.05) is 45.0 Å². The fourth-order valence-electron chi connectivity index (χ4n) is 2.13. The molecule has 2 aromatic heterocycles. The van der Waals surface area contributed by atoms with Crippen LogP contribution < -0.4 is 10.2 Å². The van der Waals surface area contributed by atoms with E-state index < -0.39 is 0 Å². The Balaban J connectivity index is 2.28. The number of hydrogen-bond acceptors (Lipinski definition) is 5. The maximum absolute atomic E-state index is 4.53. The van der Waals surface area contributed by atoms with Crippen LogP contribution in [-0.4, -0.2) is 33.8 Å². The fraction of sp³-hybridized carbons (Fsp3) is 0.462. The third-order valence-electron chi connectivity index (χ3n) is 3.01.